The van der Waals surface area contributed by atoms with Crippen LogP contribution in [0, 0.1) is 13.8 Å². The highest BCUT2D eigenvalue weighted by atomic mass is 16.2. The Hall–Kier alpha value is -2.53. The molecule has 0 aromatic heterocycles. The molecule has 1 aliphatic heterocycles. The molecule has 5 nitrogen and oxygen atoms in total. The Morgan fingerprint density at radius 2 is 1.77 bits per heavy atom. The molecule has 1 saturated heterocycles. The second-order valence-corrected chi connectivity index (χ2v) is 6.87. The van der Waals surface area contributed by atoms with Crippen LogP contribution in [-0.2, 0) is 0 Å². The number of carbonyl (C=O) groups excluding carboxylic acids is 1. The molecule has 1 fully saturated rings. The summed E-state index contributed by atoms with van der Waals surface area (Å²) in [6.45, 7) is 11.7. The molecular formula is C21H28N4O. The minimum Gasteiger partial charge on any atom is -0.369 e. The van der Waals surface area contributed by atoms with Crippen molar-refractivity contribution in [3.05, 3.63) is 53.6 Å². The van der Waals surface area contributed by atoms with Crippen LogP contribution in [-0.4, -0.2) is 43.7 Å². The minimum absolute atomic E-state index is 0.219. The van der Waals surface area contributed by atoms with Gasteiger partial charge in [-0.25, -0.2) is 4.79 Å². The van der Waals surface area contributed by atoms with Gasteiger partial charge in [0.25, 0.3) is 0 Å². The Kier molecular flexibility index (Phi) is 5.78. The first-order valence-electron chi connectivity index (χ1n) is 9.28. The number of anilines is 3. The molecule has 5 heteroatoms. The van der Waals surface area contributed by atoms with Crippen molar-refractivity contribution in [1.82, 2.24) is 4.90 Å². The zero-order valence-corrected chi connectivity index (χ0v) is 15.9. The largest absolute Gasteiger partial charge is 0.369 e. The first-order valence-corrected chi connectivity index (χ1v) is 9.28. The van der Waals surface area contributed by atoms with Crippen molar-refractivity contribution >= 4 is 23.1 Å². The minimum atomic E-state index is -0.219. The van der Waals surface area contributed by atoms with Crippen molar-refractivity contribution in [3.63, 3.8) is 0 Å². The van der Waals surface area contributed by atoms with Gasteiger partial charge < -0.3 is 20.4 Å². The van der Waals surface area contributed by atoms with Gasteiger partial charge in [0.1, 0.15) is 0 Å². The first-order chi connectivity index (χ1) is 12.5. The van der Waals surface area contributed by atoms with E-state index < -0.39 is 0 Å². The Bertz CT molecular complexity index is 766. The van der Waals surface area contributed by atoms with E-state index in [1.54, 1.807) is 0 Å². The number of amides is 2. The van der Waals surface area contributed by atoms with Gasteiger partial charge >= 0.3 is 6.03 Å². The predicted molar refractivity (Wildman–Crippen MR) is 109 cm³/mol. The fourth-order valence-corrected chi connectivity index (χ4v) is 3.31. The number of rotatable bonds is 4. The Balaban J connectivity index is 1.61. The molecule has 0 bridgehead atoms. The highest BCUT2D eigenvalue weighted by Gasteiger charge is 2.16. The van der Waals surface area contributed by atoms with Gasteiger partial charge in [-0.15, -0.1) is 0 Å². The molecule has 2 amide bonds. The lowest BCUT2D eigenvalue weighted by Crippen LogP contribution is -2.46. The summed E-state index contributed by atoms with van der Waals surface area (Å²) < 4.78 is 0. The van der Waals surface area contributed by atoms with Crippen LogP contribution in [0.4, 0.5) is 21.9 Å². The second-order valence-electron chi connectivity index (χ2n) is 6.87. The van der Waals surface area contributed by atoms with Crippen LogP contribution in [0.1, 0.15) is 18.1 Å². The number of urea groups is 1. The zero-order chi connectivity index (χ0) is 18.5. The van der Waals surface area contributed by atoms with Crippen molar-refractivity contribution in [2.75, 3.05) is 48.3 Å². The number of aryl methyl sites for hydroxylation is 2. The molecule has 1 aliphatic rings. The first kappa shape index (κ1) is 18.3. The number of benzene rings is 2. The van der Waals surface area contributed by atoms with Crippen LogP contribution < -0.4 is 15.5 Å². The van der Waals surface area contributed by atoms with Gasteiger partial charge in [-0.2, -0.15) is 0 Å². The SMILES string of the molecule is CCN1CCN(c2ccc(NC(=O)Nc3cccc(C)c3)c(C)c2)CC1. The molecule has 0 spiro atoms. The molecule has 0 saturated carbocycles. The number of piperazine rings is 1. The molecule has 2 N–H and O–H groups in total. The number of hydrogen-bond acceptors (Lipinski definition) is 3. The van der Waals surface area contributed by atoms with Gasteiger partial charge in [0.2, 0.25) is 0 Å². The normalized spacial score (nSPS) is 15.0. The summed E-state index contributed by atoms with van der Waals surface area (Å²) in [5.41, 5.74) is 5.05. The molecule has 2 aromatic rings. The van der Waals surface area contributed by atoms with Gasteiger partial charge in [-0.05, 0) is 61.9 Å². The second kappa shape index (κ2) is 8.23. The fourth-order valence-electron chi connectivity index (χ4n) is 3.31. The Morgan fingerprint density at radius 3 is 2.42 bits per heavy atom. The lowest BCUT2D eigenvalue weighted by atomic mass is 10.1. The van der Waals surface area contributed by atoms with Crippen molar-refractivity contribution in [1.29, 1.82) is 0 Å². The quantitative estimate of drug-likeness (QED) is 0.871. The van der Waals surface area contributed by atoms with Gasteiger partial charge in [0.05, 0.1) is 0 Å². The number of carbonyl (C=O) groups is 1. The van der Waals surface area contributed by atoms with E-state index in [1.165, 1.54) is 5.69 Å². The number of hydrogen-bond donors (Lipinski definition) is 2. The number of likely N-dealkylation sites (N-methyl/N-ethyl adjacent to an activating group) is 1. The van der Waals surface area contributed by atoms with Crippen molar-refractivity contribution in [2.45, 2.75) is 20.8 Å². The fraction of sp³-hybridized carbons (Fsp3) is 0.381. The third-order valence-corrected chi connectivity index (χ3v) is 4.92. The molecule has 2 aromatic carbocycles. The average Bonchev–Trinajstić information content (AvgIpc) is 2.63. The molecule has 26 heavy (non-hydrogen) atoms. The van der Waals surface area contributed by atoms with E-state index in [0.717, 1.165) is 55.2 Å². The summed E-state index contributed by atoms with van der Waals surface area (Å²) in [6.07, 6.45) is 0. The molecule has 138 valence electrons. The summed E-state index contributed by atoms with van der Waals surface area (Å²) in [6, 6.07) is 13.8. The summed E-state index contributed by atoms with van der Waals surface area (Å²) in [7, 11) is 0. The average molecular weight is 352 g/mol. The van der Waals surface area contributed by atoms with E-state index in [4.69, 9.17) is 0 Å². The van der Waals surface area contributed by atoms with Crippen LogP contribution in [0.3, 0.4) is 0 Å². The van der Waals surface area contributed by atoms with E-state index in [2.05, 4.69) is 39.5 Å². The maximum Gasteiger partial charge on any atom is 0.323 e. The van der Waals surface area contributed by atoms with Gasteiger partial charge in [-0.1, -0.05) is 19.1 Å². The van der Waals surface area contributed by atoms with Crippen molar-refractivity contribution in [2.24, 2.45) is 0 Å². The zero-order valence-electron chi connectivity index (χ0n) is 15.9. The van der Waals surface area contributed by atoms with Gasteiger partial charge in [0, 0.05) is 43.2 Å². The highest BCUT2D eigenvalue weighted by molar-refractivity contribution is 6.00. The highest BCUT2D eigenvalue weighted by Crippen LogP contribution is 2.24. The maximum absolute atomic E-state index is 12.3. The number of nitrogens with one attached hydrogen (secondary N) is 2. The third-order valence-electron chi connectivity index (χ3n) is 4.92. The summed E-state index contributed by atoms with van der Waals surface area (Å²) in [5.74, 6) is 0. The lowest BCUT2D eigenvalue weighted by molar-refractivity contribution is 0.262. The van der Waals surface area contributed by atoms with E-state index in [1.807, 2.05) is 44.2 Å². The monoisotopic (exact) mass is 352 g/mol. The summed E-state index contributed by atoms with van der Waals surface area (Å²) in [4.78, 5) is 17.1. The van der Waals surface area contributed by atoms with Crippen LogP contribution in [0.25, 0.3) is 0 Å². The Morgan fingerprint density at radius 1 is 1.00 bits per heavy atom. The van der Waals surface area contributed by atoms with Crippen LogP contribution in [0.2, 0.25) is 0 Å². The lowest BCUT2D eigenvalue weighted by Gasteiger charge is -2.35. The van der Waals surface area contributed by atoms with E-state index in [9.17, 15) is 4.79 Å². The van der Waals surface area contributed by atoms with Gasteiger partial charge in [-0.3, -0.25) is 0 Å². The molecule has 0 unspecified atom stereocenters. The topological polar surface area (TPSA) is 47.6 Å². The van der Waals surface area contributed by atoms with E-state index in [-0.39, 0.29) is 6.03 Å². The van der Waals surface area contributed by atoms with Crippen LogP contribution in [0.5, 0.6) is 0 Å². The molecular weight excluding hydrogens is 324 g/mol. The summed E-state index contributed by atoms with van der Waals surface area (Å²) >= 11 is 0. The standard InChI is InChI=1S/C21H28N4O/c1-4-24-10-12-25(13-11-24)19-8-9-20(17(3)15-19)23-21(26)22-18-7-5-6-16(2)14-18/h5-9,14-15H,4,10-13H2,1-3H3,(H2,22,23,26). The van der Waals surface area contributed by atoms with Crippen LogP contribution in [0.15, 0.2) is 42.5 Å². The molecule has 3 rings (SSSR count). The Labute approximate surface area is 156 Å². The van der Waals surface area contributed by atoms with E-state index in [0.29, 0.717) is 0 Å². The molecule has 0 atom stereocenters. The van der Waals surface area contributed by atoms with Crippen molar-refractivity contribution < 1.29 is 4.79 Å². The maximum atomic E-state index is 12.3. The van der Waals surface area contributed by atoms with Gasteiger partial charge in [0.15, 0.2) is 0 Å². The summed E-state index contributed by atoms with van der Waals surface area (Å²) in [5, 5.41) is 5.83. The third kappa shape index (κ3) is 4.55. The predicted octanol–water partition coefficient (Wildman–Crippen LogP) is 4.09. The van der Waals surface area contributed by atoms with Crippen LogP contribution >= 0.6 is 0 Å². The molecule has 0 aliphatic carbocycles. The smallest absolute Gasteiger partial charge is 0.323 e. The van der Waals surface area contributed by atoms with E-state index >= 15 is 0 Å². The van der Waals surface area contributed by atoms with Crippen molar-refractivity contribution in [3.8, 4) is 0 Å². The number of nitrogens with zero attached hydrogens (tertiary/aromatic N) is 2. The molecule has 1 heterocycles. The molecule has 0 radical (unpaired) electrons.